The molecular formula is C27H35N3O5. The largest absolute Gasteiger partial charge is 0.497 e. The number of carbonyl (C=O) groups is 3. The van der Waals surface area contributed by atoms with Crippen LogP contribution in [0, 0.1) is 11.8 Å². The zero-order valence-corrected chi connectivity index (χ0v) is 20.9. The highest BCUT2D eigenvalue weighted by molar-refractivity contribution is 5.98. The number of ether oxygens (including phenoxy) is 2. The van der Waals surface area contributed by atoms with Crippen LogP contribution in [-0.4, -0.2) is 62.5 Å². The molecule has 0 aliphatic carbocycles. The van der Waals surface area contributed by atoms with Crippen molar-refractivity contribution in [1.29, 1.82) is 0 Å². The Morgan fingerprint density at radius 2 is 1.60 bits per heavy atom. The van der Waals surface area contributed by atoms with Gasteiger partial charge in [0, 0.05) is 30.8 Å². The minimum absolute atomic E-state index is 0.0488. The lowest BCUT2D eigenvalue weighted by Crippen LogP contribution is -2.54. The Bertz CT molecular complexity index is 1010. The summed E-state index contributed by atoms with van der Waals surface area (Å²) in [6.45, 7) is 5.59. The summed E-state index contributed by atoms with van der Waals surface area (Å²) >= 11 is 0. The number of methoxy groups -OCH3 is 2. The lowest BCUT2D eigenvalue weighted by Gasteiger charge is -2.36. The molecule has 0 spiro atoms. The fourth-order valence-electron chi connectivity index (χ4n) is 4.15. The summed E-state index contributed by atoms with van der Waals surface area (Å²) < 4.78 is 10.4. The Hall–Kier alpha value is -3.55. The Morgan fingerprint density at radius 1 is 0.943 bits per heavy atom. The fourth-order valence-corrected chi connectivity index (χ4v) is 4.15. The molecule has 35 heavy (non-hydrogen) atoms. The van der Waals surface area contributed by atoms with E-state index in [1.165, 1.54) is 0 Å². The monoisotopic (exact) mass is 481 g/mol. The number of rotatable bonds is 9. The first-order valence-corrected chi connectivity index (χ1v) is 12.0. The zero-order valence-electron chi connectivity index (χ0n) is 20.9. The van der Waals surface area contributed by atoms with Crippen LogP contribution in [0.15, 0.2) is 48.5 Å². The Kier molecular flexibility index (Phi) is 9.11. The van der Waals surface area contributed by atoms with Crippen LogP contribution in [0.1, 0.15) is 47.4 Å². The molecule has 0 radical (unpaired) electrons. The van der Waals surface area contributed by atoms with Crippen molar-refractivity contribution in [3.8, 4) is 11.5 Å². The molecule has 2 N–H and O–H groups in total. The fraction of sp³-hybridized carbons (Fsp3) is 0.444. The number of nitrogens with one attached hydrogen (secondary N) is 2. The molecule has 1 aliphatic heterocycles. The van der Waals surface area contributed by atoms with Gasteiger partial charge in [-0.2, -0.15) is 0 Å². The third-order valence-corrected chi connectivity index (χ3v) is 6.22. The number of benzene rings is 2. The maximum Gasteiger partial charge on any atom is 0.253 e. The zero-order chi connectivity index (χ0) is 25.4. The van der Waals surface area contributed by atoms with Gasteiger partial charge in [-0.1, -0.05) is 19.9 Å². The van der Waals surface area contributed by atoms with Gasteiger partial charge in [0.05, 0.1) is 14.2 Å². The second-order valence-electron chi connectivity index (χ2n) is 9.18. The van der Waals surface area contributed by atoms with Gasteiger partial charge in [-0.15, -0.1) is 0 Å². The summed E-state index contributed by atoms with van der Waals surface area (Å²) in [6.07, 6.45) is 1.22. The second kappa shape index (κ2) is 12.2. The number of hydrogen-bond acceptors (Lipinski definition) is 5. The number of likely N-dealkylation sites (tertiary alicyclic amines) is 1. The predicted octanol–water partition coefficient (Wildman–Crippen LogP) is 3.13. The van der Waals surface area contributed by atoms with Gasteiger partial charge in [-0.3, -0.25) is 14.4 Å². The molecule has 1 aliphatic rings. The number of piperidine rings is 1. The quantitative estimate of drug-likeness (QED) is 0.574. The van der Waals surface area contributed by atoms with Crippen LogP contribution in [0.3, 0.4) is 0 Å². The Labute approximate surface area is 207 Å². The van der Waals surface area contributed by atoms with Crippen molar-refractivity contribution in [2.24, 2.45) is 11.8 Å². The van der Waals surface area contributed by atoms with Crippen molar-refractivity contribution in [3.63, 3.8) is 0 Å². The lowest BCUT2D eigenvalue weighted by molar-refractivity contribution is -0.124. The van der Waals surface area contributed by atoms with Crippen molar-refractivity contribution >= 4 is 17.7 Å². The molecule has 1 saturated heterocycles. The number of nitrogens with zero attached hydrogens (tertiary/aromatic N) is 1. The van der Waals surface area contributed by atoms with Gasteiger partial charge in [-0.05, 0) is 67.1 Å². The first-order valence-electron chi connectivity index (χ1n) is 12.0. The highest BCUT2D eigenvalue weighted by Gasteiger charge is 2.34. The molecule has 8 heteroatoms. The smallest absolute Gasteiger partial charge is 0.253 e. The molecule has 3 rings (SSSR count). The first-order chi connectivity index (χ1) is 16.8. The summed E-state index contributed by atoms with van der Waals surface area (Å²) in [5.41, 5.74) is 1.03. The van der Waals surface area contributed by atoms with Crippen LogP contribution in [0.5, 0.6) is 11.5 Å². The van der Waals surface area contributed by atoms with E-state index in [0.29, 0.717) is 55.1 Å². The SMILES string of the molecule is COc1ccc(C(=O)N2CCC([C@@H](NC(=O)c3cccc(OC)c3)C(=O)NCC(C)C)CC2)cc1. The van der Waals surface area contributed by atoms with E-state index in [4.69, 9.17) is 9.47 Å². The molecule has 8 nitrogen and oxygen atoms in total. The van der Waals surface area contributed by atoms with Crippen LogP contribution >= 0.6 is 0 Å². The maximum absolute atomic E-state index is 13.1. The molecular weight excluding hydrogens is 446 g/mol. The van der Waals surface area contributed by atoms with Gasteiger partial charge in [0.15, 0.2) is 0 Å². The molecule has 188 valence electrons. The number of hydrogen-bond donors (Lipinski definition) is 2. The second-order valence-corrected chi connectivity index (χ2v) is 9.18. The van der Waals surface area contributed by atoms with Gasteiger partial charge in [0.2, 0.25) is 5.91 Å². The van der Waals surface area contributed by atoms with Gasteiger partial charge in [-0.25, -0.2) is 0 Å². The van der Waals surface area contributed by atoms with E-state index in [1.807, 2.05) is 13.8 Å². The average Bonchev–Trinajstić information content (AvgIpc) is 2.90. The van der Waals surface area contributed by atoms with E-state index in [0.717, 1.165) is 0 Å². The van der Waals surface area contributed by atoms with Crippen LogP contribution < -0.4 is 20.1 Å². The van der Waals surface area contributed by atoms with E-state index in [9.17, 15) is 14.4 Å². The molecule has 3 amide bonds. The van der Waals surface area contributed by atoms with Crippen molar-refractivity contribution in [2.75, 3.05) is 33.9 Å². The maximum atomic E-state index is 13.1. The normalized spacial score (nSPS) is 14.8. The molecule has 2 aromatic rings. The van der Waals surface area contributed by atoms with Gasteiger partial charge in [0.25, 0.3) is 11.8 Å². The Balaban J connectivity index is 1.68. The number of carbonyl (C=O) groups excluding carboxylic acids is 3. The van der Waals surface area contributed by atoms with E-state index in [2.05, 4.69) is 10.6 Å². The van der Waals surface area contributed by atoms with Crippen LogP contribution in [-0.2, 0) is 4.79 Å². The van der Waals surface area contributed by atoms with E-state index in [-0.39, 0.29) is 29.6 Å². The summed E-state index contributed by atoms with van der Waals surface area (Å²) in [6, 6.07) is 13.2. The van der Waals surface area contributed by atoms with Crippen molar-refractivity contribution in [2.45, 2.75) is 32.7 Å². The Morgan fingerprint density at radius 3 is 2.20 bits per heavy atom. The van der Waals surface area contributed by atoms with E-state index >= 15 is 0 Å². The van der Waals surface area contributed by atoms with Crippen molar-refractivity contribution < 1.29 is 23.9 Å². The molecule has 2 aromatic carbocycles. The molecule has 0 bridgehead atoms. The van der Waals surface area contributed by atoms with Crippen molar-refractivity contribution in [3.05, 3.63) is 59.7 Å². The highest BCUT2D eigenvalue weighted by atomic mass is 16.5. The van der Waals surface area contributed by atoms with Crippen molar-refractivity contribution in [1.82, 2.24) is 15.5 Å². The third kappa shape index (κ3) is 6.97. The molecule has 1 atom stereocenters. The lowest BCUT2D eigenvalue weighted by atomic mass is 9.88. The van der Waals surface area contributed by atoms with E-state index in [1.54, 1.807) is 67.7 Å². The summed E-state index contributed by atoms with van der Waals surface area (Å²) in [5.74, 6) is 0.896. The standard InChI is InChI=1S/C27H35N3O5/c1-18(2)17-28-26(32)24(29-25(31)21-6-5-7-23(16-21)35-4)19-12-14-30(15-13-19)27(33)20-8-10-22(34-3)11-9-20/h5-11,16,18-19,24H,12-15,17H2,1-4H3,(H,28,32)(H,29,31)/t24-/m1/s1. The van der Waals surface area contributed by atoms with Crippen LogP contribution in [0.4, 0.5) is 0 Å². The molecule has 0 aromatic heterocycles. The number of amides is 3. The highest BCUT2D eigenvalue weighted by Crippen LogP contribution is 2.24. The summed E-state index contributed by atoms with van der Waals surface area (Å²) in [5, 5.41) is 5.90. The minimum Gasteiger partial charge on any atom is -0.497 e. The first kappa shape index (κ1) is 26.1. The molecule has 1 fully saturated rings. The van der Waals surface area contributed by atoms with Crippen LogP contribution in [0.2, 0.25) is 0 Å². The van der Waals surface area contributed by atoms with Gasteiger partial charge < -0.3 is 25.0 Å². The minimum atomic E-state index is -0.689. The predicted molar refractivity (Wildman–Crippen MR) is 134 cm³/mol. The van der Waals surface area contributed by atoms with E-state index < -0.39 is 6.04 Å². The molecule has 1 heterocycles. The third-order valence-electron chi connectivity index (χ3n) is 6.22. The molecule has 0 saturated carbocycles. The van der Waals surface area contributed by atoms with Gasteiger partial charge in [0.1, 0.15) is 17.5 Å². The molecule has 0 unspecified atom stereocenters. The summed E-state index contributed by atoms with van der Waals surface area (Å²) in [7, 11) is 3.13. The topological polar surface area (TPSA) is 97.0 Å². The van der Waals surface area contributed by atoms with Crippen LogP contribution in [0.25, 0.3) is 0 Å². The summed E-state index contributed by atoms with van der Waals surface area (Å²) in [4.78, 5) is 40.8. The van der Waals surface area contributed by atoms with Gasteiger partial charge >= 0.3 is 0 Å². The average molecular weight is 482 g/mol.